The van der Waals surface area contributed by atoms with Gasteiger partial charge in [0.1, 0.15) is 0 Å². The van der Waals surface area contributed by atoms with Crippen molar-refractivity contribution in [3.05, 3.63) is 0 Å². The van der Waals surface area contributed by atoms with Crippen molar-refractivity contribution in [2.24, 2.45) is 5.92 Å². The fraction of sp³-hybridized carbons (Fsp3) is 0.929. The highest BCUT2D eigenvalue weighted by Crippen LogP contribution is 2.39. The molecule has 1 saturated heterocycles. The van der Waals surface area contributed by atoms with Crippen LogP contribution in [0.5, 0.6) is 0 Å². The first-order valence-electron chi connectivity index (χ1n) is 7.35. The lowest BCUT2D eigenvalue weighted by Crippen LogP contribution is -2.53. The number of hydrogen-bond donors (Lipinski definition) is 2. The van der Waals surface area contributed by atoms with Crippen LogP contribution >= 0.6 is 0 Å². The van der Waals surface area contributed by atoms with Gasteiger partial charge >= 0.3 is 0 Å². The third-order valence-electron chi connectivity index (χ3n) is 4.54. The quantitative estimate of drug-likeness (QED) is 0.791. The molecule has 2 N–H and O–H groups in total. The third-order valence-corrected chi connectivity index (χ3v) is 4.54. The van der Waals surface area contributed by atoms with Crippen LogP contribution in [0.1, 0.15) is 45.4 Å². The zero-order chi connectivity index (χ0) is 13.0. The Morgan fingerprint density at radius 1 is 1.44 bits per heavy atom. The number of nitrogens with zero attached hydrogens (tertiary/aromatic N) is 1. The Hall–Kier alpha value is -0.610. The van der Waals surface area contributed by atoms with Gasteiger partial charge in [-0.05, 0) is 26.2 Å². The molecule has 0 bridgehead atoms. The molecule has 18 heavy (non-hydrogen) atoms. The molecule has 1 saturated carbocycles. The third kappa shape index (κ3) is 3.23. The number of rotatable bonds is 4. The first-order chi connectivity index (χ1) is 8.64. The van der Waals surface area contributed by atoms with Crippen LogP contribution < -0.4 is 5.32 Å². The number of amides is 1. The number of fused-ring (bicyclic) bond motifs is 1. The van der Waals surface area contributed by atoms with E-state index < -0.39 is 5.60 Å². The number of carbonyl (C=O) groups is 1. The average Bonchev–Trinajstić information content (AvgIpc) is 2.36. The predicted octanol–water partition coefficient (Wildman–Crippen LogP) is 1.14. The smallest absolute Gasteiger partial charge is 0.221 e. The van der Waals surface area contributed by atoms with Crippen molar-refractivity contribution in [1.29, 1.82) is 0 Å². The number of piperidine rings is 1. The Balaban J connectivity index is 1.78. The van der Waals surface area contributed by atoms with Gasteiger partial charge in [-0.3, -0.25) is 4.79 Å². The number of nitrogens with one attached hydrogen (secondary N) is 1. The molecular formula is C14H26N2O2. The van der Waals surface area contributed by atoms with Crippen LogP contribution in [-0.2, 0) is 4.79 Å². The van der Waals surface area contributed by atoms with E-state index in [1.54, 1.807) is 0 Å². The lowest BCUT2D eigenvalue weighted by atomic mass is 9.71. The van der Waals surface area contributed by atoms with Crippen LogP contribution in [0, 0.1) is 5.92 Å². The van der Waals surface area contributed by atoms with E-state index in [1.165, 1.54) is 12.8 Å². The summed E-state index contributed by atoms with van der Waals surface area (Å²) in [6.45, 7) is 5.39. The van der Waals surface area contributed by atoms with Gasteiger partial charge in [0.05, 0.1) is 5.60 Å². The summed E-state index contributed by atoms with van der Waals surface area (Å²) < 4.78 is 0. The Morgan fingerprint density at radius 2 is 2.28 bits per heavy atom. The van der Waals surface area contributed by atoms with Gasteiger partial charge in [-0.25, -0.2) is 0 Å². The molecule has 104 valence electrons. The first kappa shape index (κ1) is 13.8. The van der Waals surface area contributed by atoms with E-state index in [4.69, 9.17) is 0 Å². The summed E-state index contributed by atoms with van der Waals surface area (Å²) in [7, 11) is 0. The van der Waals surface area contributed by atoms with Crippen LogP contribution in [-0.4, -0.2) is 47.7 Å². The molecule has 1 amide bonds. The second kappa shape index (κ2) is 6.02. The Labute approximate surface area is 110 Å². The standard InChI is InChI=1S/C14H26N2O2/c1-2-15-13(17)6-9-16-10-8-14(18)7-4-3-5-12(14)11-16/h12,18H,2-11H2,1H3,(H,15,17). The zero-order valence-electron chi connectivity index (χ0n) is 11.5. The summed E-state index contributed by atoms with van der Waals surface area (Å²) in [5, 5.41) is 13.4. The van der Waals surface area contributed by atoms with E-state index in [1.807, 2.05) is 6.92 Å². The fourth-order valence-electron chi connectivity index (χ4n) is 3.39. The summed E-state index contributed by atoms with van der Waals surface area (Å²) in [5.74, 6) is 0.566. The van der Waals surface area contributed by atoms with Crippen molar-refractivity contribution in [3.8, 4) is 0 Å². The van der Waals surface area contributed by atoms with Crippen molar-refractivity contribution in [2.45, 2.75) is 51.0 Å². The number of carbonyl (C=O) groups excluding carboxylic acids is 1. The summed E-state index contributed by atoms with van der Waals surface area (Å²) >= 11 is 0. The van der Waals surface area contributed by atoms with E-state index in [9.17, 15) is 9.90 Å². The SMILES string of the molecule is CCNC(=O)CCN1CCC2(O)CCCCC2C1. The Kier molecular flexibility index (Phi) is 4.62. The second-order valence-corrected chi connectivity index (χ2v) is 5.80. The van der Waals surface area contributed by atoms with Crippen LogP contribution in [0.2, 0.25) is 0 Å². The average molecular weight is 254 g/mol. The topological polar surface area (TPSA) is 52.6 Å². The highest BCUT2D eigenvalue weighted by molar-refractivity contribution is 5.75. The number of likely N-dealkylation sites (tertiary alicyclic amines) is 1. The van der Waals surface area contributed by atoms with Gasteiger partial charge in [-0.2, -0.15) is 0 Å². The van der Waals surface area contributed by atoms with Gasteiger partial charge in [-0.15, -0.1) is 0 Å². The van der Waals surface area contributed by atoms with E-state index in [-0.39, 0.29) is 5.91 Å². The van der Waals surface area contributed by atoms with E-state index >= 15 is 0 Å². The predicted molar refractivity (Wildman–Crippen MR) is 71.3 cm³/mol. The molecule has 2 unspecified atom stereocenters. The highest BCUT2D eigenvalue weighted by Gasteiger charge is 2.42. The summed E-state index contributed by atoms with van der Waals surface area (Å²) in [6.07, 6.45) is 6.01. The number of aliphatic hydroxyl groups is 1. The first-order valence-corrected chi connectivity index (χ1v) is 7.35. The van der Waals surface area contributed by atoms with Crippen molar-refractivity contribution < 1.29 is 9.90 Å². The van der Waals surface area contributed by atoms with Gasteiger partial charge in [0, 0.05) is 38.5 Å². The molecule has 0 aromatic heterocycles. The van der Waals surface area contributed by atoms with Gasteiger partial charge < -0.3 is 15.3 Å². The molecule has 2 atom stereocenters. The highest BCUT2D eigenvalue weighted by atomic mass is 16.3. The monoisotopic (exact) mass is 254 g/mol. The molecule has 2 rings (SSSR count). The van der Waals surface area contributed by atoms with Crippen LogP contribution in [0.3, 0.4) is 0 Å². The lowest BCUT2D eigenvalue weighted by Gasteiger charge is -2.47. The summed E-state index contributed by atoms with van der Waals surface area (Å²) in [6, 6.07) is 0. The minimum absolute atomic E-state index is 0.141. The summed E-state index contributed by atoms with van der Waals surface area (Å²) in [5.41, 5.74) is -0.402. The van der Waals surface area contributed by atoms with Gasteiger partial charge in [0.2, 0.25) is 5.91 Å². The van der Waals surface area contributed by atoms with Crippen molar-refractivity contribution >= 4 is 5.91 Å². The minimum Gasteiger partial charge on any atom is -0.390 e. The van der Waals surface area contributed by atoms with Gasteiger partial charge in [0.25, 0.3) is 0 Å². The fourth-order valence-corrected chi connectivity index (χ4v) is 3.39. The molecule has 1 aliphatic heterocycles. The molecule has 0 aromatic carbocycles. The molecule has 0 spiro atoms. The Morgan fingerprint density at radius 3 is 3.06 bits per heavy atom. The van der Waals surface area contributed by atoms with E-state index in [0.717, 1.165) is 38.9 Å². The second-order valence-electron chi connectivity index (χ2n) is 5.80. The largest absolute Gasteiger partial charge is 0.390 e. The normalized spacial score (nSPS) is 32.9. The molecule has 4 nitrogen and oxygen atoms in total. The maximum atomic E-state index is 11.4. The van der Waals surface area contributed by atoms with Crippen LogP contribution in [0.15, 0.2) is 0 Å². The molecule has 1 heterocycles. The van der Waals surface area contributed by atoms with E-state index in [2.05, 4.69) is 10.2 Å². The van der Waals surface area contributed by atoms with Crippen LogP contribution in [0.25, 0.3) is 0 Å². The maximum Gasteiger partial charge on any atom is 0.221 e. The minimum atomic E-state index is -0.402. The Bertz CT molecular complexity index is 296. The lowest BCUT2D eigenvalue weighted by molar-refractivity contribution is -0.122. The van der Waals surface area contributed by atoms with Gasteiger partial charge in [0.15, 0.2) is 0 Å². The molecule has 0 aromatic rings. The maximum absolute atomic E-state index is 11.4. The van der Waals surface area contributed by atoms with Crippen molar-refractivity contribution in [1.82, 2.24) is 10.2 Å². The molecule has 1 aliphatic carbocycles. The molecular weight excluding hydrogens is 228 g/mol. The van der Waals surface area contributed by atoms with Gasteiger partial charge in [-0.1, -0.05) is 12.8 Å². The van der Waals surface area contributed by atoms with Crippen molar-refractivity contribution in [3.63, 3.8) is 0 Å². The zero-order valence-corrected chi connectivity index (χ0v) is 11.5. The van der Waals surface area contributed by atoms with Crippen LogP contribution in [0.4, 0.5) is 0 Å². The molecule has 4 heteroatoms. The van der Waals surface area contributed by atoms with E-state index in [0.29, 0.717) is 18.9 Å². The summed E-state index contributed by atoms with van der Waals surface area (Å²) in [4.78, 5) is 13.8. The molecule has 2 aliphatic rings. The molecule has 2 fully saturated rings. The molecule has 0 radical (unpaired) electrons. The van der Waals surface area contributed by atoms with Crippen molar-refractivity contribution in [2.75, 3.05) is 26.2 Å². The number of hydrogen-bond acceptors (Lipinski definition) is 3.